The van der Waals surface area contributed by atoms with Crippen molar-refractivity contribution >= 4 is 28.8 Å². The lowest BCUT2D eigenvalue weighted by Crippen LogP contribution is -2.46. The normalized spacial score (nSPS) is 20.9. The zero-order chi connectivity index (χ0) is 18.1. The molecule has 1 aliphatic heterocycles. The molecule has 2 atom stereocenters. The van der Waals surface area contributed by atoms with Gasteiger partial charge in [0.2, 0.25) is 5.58 Å². The van der Waals surface area contributed by atoms with Gasteiger partial charge in [-0.2, -0.15) is 0 Å². The zero-order valence-electron chi connectivity index (χ0n) is 15.1. The number of carbonyl (C=O) groups excluding carboxylic acids is 1. The fourth-order valence-corrected chi connectivity index (χ4v) is 3.56. The predicted octanol–water partition coefficient (Wildman–Crippen LogP) is 3.24. The maximum absolute atomic E-state index is 15.2. The standard InChI is InChI=1S/C18H24FN3O3/c1-5-21(6-2)18-14-7-13(10-23)16(15(19)17(14)25-20-18)22-8-11(3)24-12(4)9-22/h7,10-12H,5-6,8-9H2,1-4H3/t11-,12+. The first-order chi connectivity index (χ1) is 12.0. The van der Waals surface area contributed by atoms with Crippen LogP contribution in [0.1, 0.15) is 38.1 Å². The van der Waals surface area contributed by atoms with E-state index in [1.54, 1.807) is 6.07 Å². The van der Waals surface area contributed by atoms with Crippen molar-refractivity contribution in [1.82, 2.24) is 5.16 Å². The molecule has 0 saturated carbocycles. The van der Waals surface area contributed by atoms with Gasteiger partial charge in [-0.3, -0.25) is 4.79 Å². The molecule has 25 heavy (non-hydrogen) atoms. The summed E-state index contributed by atoms with van der Waals surface area (Å²) in [5, 5.41) is 4.57. The number of aromatic nitrogens is 1. The third-order valence-electron chi connectivity index (χ3n) is 4.62. The quantitative estimate of drug-likeness (QED) is 0.773. The molecule has 1 aromatic heterocycles. The molecule has 0 unspecified atom stereocenters. The summed E-state index contributed by atoms with van der Waals surface area (Å²) in [7, 11) is 0. The van der Waals surface area contributed by atoms with Gasteiger partial charge in [-0.05, 0) is 33.8 Å². The first-order valence-electron chi connectivity index (χ1n) is 8.72. The summed E-state index contributed by atoms with van der Waals surface area (Å²) in [5.41, 5.74) is 0.670. The SMILES string of the molecule is CCN(CC)c1noc2c(F)c(N3C[C@@H](C)O[C@@H](C)C3)c(C=O)cc12. The summed E-state index contributed by atoms with van der Waals surface area (Å²) < 4.78 is 26.3. The summed E-state index contributed by atoms with van der Waals surface area (Å²) in [6.07, 6.45) is 0.611. The van der Waals surface area contributed by atoms with Crippen LogP contribution in [0.4, 0.5) is 15.9 Å². The molecule has 1 aliphatic rings. The largest absolute Gasteiger partial charge is 0.372 e. The van der Waals surface area contributed by atoms with Crippen molar-refractivity contribution in [3.05, 3.63) is 17.4 Å². The molecule has 7 heteroatoms. The van der Waals surface area contributed by atoms with Crippen molar-refractivity contribution < 1.29 is 18.4 Å². The Labute approximate surface area is 146 Å². The van der Waals surface area contributed by atoms with Crippen LogP contribution in [0.5, 0.6) is 0 Å². The first kappa shape index (κ1) is 17.7. The van der Waals surface area contributed by atoms with E-state index in [0.717, 1.165) is 13.1 Å². The Balaban J connectivity index is 2.14. The molecule has 136 valence electrons. The number of morpholine rings is 1. The van der Waals surface area contributed by atoms with Crippen LogP contribution in [0.25, 0.3) is 11.0 Å². The van der Waals surface area contributed by atoms with Crippen molar-refractivity contribution in [2.24, 2.45) is 0 Å². The number of ether oxygens (including phenoxy) is 1. The van der Waals surface area contributed by atoms with Gasteiger partial charge in [0.1, 0.15) is 0 Å². The Kier molecular flexibility index (Phi) is 4.94. The monoisotopic (exact) mass is 349 g/mol. The molecule has 0 spiro atoms. The number of rotatable bonds is 5. The number of halogens is 1. The van der Waals surface area contributed by atoms with Crippen molar-refractivity contribution in [3.8, 4) is 0 Å². The Bertz CT molecular complexity index is 763. The van der Waals surface area contributed by atoms with E-state index in [-0.39, 0.29) is 23.5 Å². The fraction of sp³-hybridized carbons (Fsp3) is 0.556. The second kappa shape index (κ2) is 7.00. The summed E-state index contributed by atoms with van der Waals surface area (Å²) in [4.78, 5) is 15.5. The van der Waals surface area contributed by atoms with E-state index in [0.29, 0.717) is 36.1 Å². The lowest BCUT2D eigenvalue weighted by atomic mass is 10.1. The Morgan fingerprint density at radius 1 is 1.32 bits per heavy atom. The molecule has 0 bridgehead atoms. The van der Waals surface area contributed by atoms with E-state index in [1.807, 2.05) is 37.5 Å². The maximum Gasteiger partial charge on any atom is 0.206 e. The van der Waals surface area contributed by atoms with Gasteiger partial charge in [0.25, 0.3) is 0 Å². The maximum atomic E-state index is 15.2. The van der Waals surface area contributed by atoms with Gasteiger partial charge in [-0.15, -0.1) is 0 Å². The minimum Gasteiger partial charge on any atom is -0.372 e. The molecule has 2 heterocycles. The van der Waals surface area contributed by atoms with E-state index >= 15 is 4.39 Å². The Morgan fingerprint density at radius 2 is 1.96 bits per heavy atom. The van der Waals surface area contributed by atoms with Gasteiger partial charge >= 0.3 is 0 Å². The number of benzene rings is 1. The number of aldehydes is 1. The average molecular weight is 349 g/mol. The second-order valence-corrected chi connectivity index (χ2v) is 6.46. The van der Waals surface area contributed by atoms with Gasteiger partial charge in [0, 0.05) is 31.7 Å². The lowest BCUT2D eigenvalue weighted by molar-refractivity contribution is -0.00543. The highest BCUT2D eigenvalue weighted by atomic mass is 19.1. The van der Waals surface area contributed by atoms with Crippen molar-refractivity contribution in [2.75, 3.05) is 36.0 Å². The Hall–Kier alpha value is -2.15. The smallest absolute Gasteiger partial charge is 0.206 e. The van der Waals surface area contributed by atoms with Crippen LogP contribution in [0.3, 0.4) is 0 Å². The topological polar surface area (TPSA) is 58.8 Å². The highest BCUT2D eigenvalue weighted by Gasteiger charge is 2.29. The molecule has 6 nitrogen and oxygen atoms in total. The molecule has 1 saturated heterocycles. The highest BCUT2D eigenvalue weighted by molar-refractivity contribution is 5.99. The molecule has 1 fully saturated rings. The van der Waals surface area contributed by atoms with Crippen LogP contribution in [0.15, 0.2) is 10.6 Å². The third kappa shape index (κ3) is 3.08. The lowest BCUT2D eigenvalue weighted by Gasteiger charge is -2.37. The van der Waals surface area contributed by atoms with Gasteiger partial charge in [0.15, 0.2) is 17.9 Å². The minimum atomic E-state index is -0.535. The average Bonchev–Trinajstić information content (AvgIpc) is 2.99. The van der Waals surface area contributed by atoms with E-state index in [1.165, 1.54) is 0 Å². The van der Waals surface area contributed by atoms with Gasteiger partial charge < -0.3 is 19.1 Å². The molecular weight excluding hydrogens is 325 g/mol. The number of hydrogen-bond acceptors (Lipinski definition) is 6. The van der Waals surface area contributed by atoms with Crippen molar-refractivity contribution in [3.63, 3.8) is 0 Å². The van der Waals surface area contributed by atoms with Gasteiger partial charge in [-0.1, -0.05) is 5.16 Å². The van der Waals surface area contributed by atoms with Crippen LogP contribution < -0.4 is 9.80 Å². The molecule has 1 aromatic carbocycles. The van der Waals surface area contributed by atoms with Crippen LogP contribution >= 0.6 is 0 Å². The molecule has 2 aromatic rings. The van der Waals surface area contributed by atoms with E-state index in [4.69, 9.17) is 9.26 Å². The number of carbonyl (C=O) groups is 1. The molecule has 0 aliphatic carbocycles. The summed E-state index contributed by atoms with van der Waals surface area (Å²) in [6.45, 7) is 10.3. The number of fused-ring (bicyclic) bond motifs is 1. The molecule has 0 radical (unpaired) electrons. The molecule has 0 amide bonds. The fourth-order valence-electron chi connectivity index (χ4n) is 3.56. The molecule has 3 rings (SSSR count). The predicted molar refractivity (Wildman–Crippen MR) is 95.1 cm³/mol. The summed E-state index contributed by atoms with van der Waals surface area (Å²) in [6, 6.07) is 1.68. The molecule has 0 N–H and O–H groups in total. The first-order valence-corrected chi connectivity index (χ1v) is 8.72. The minimum absolute atomic E-state index is 0.0423. The van der Waals surface area contributed by atoms with Crippen molar-refractivity contribution in [1.29, 1.82) is 0 Å². The van der Waals surface area contributed by atoms with Crippen LogP contribution in [0, 0.1) is 5.82 Å². The van der Waals surface area contributed by atoms with E-state index in [9.17, 15) is 4.79 Å². The highest BCUT2D eigenvalue weighted by Crippen LogP contribution is 2.36. The van der Waals surface area contributed by atoms with Crippen LogP contribution in [-0.4, -0.2) is 49.8 Å². The summed E-state index contributed by atoms with van der Waals surface area (Å²) in [5.74, 6) is 0.0315. The number of anilines is 2. The number of hydrogen-bond donors (Lipinski definition) is 0. The second-order valence-electron chi connectivity index (χ2n) is 6.46. The zero-order valence-corrected chi connectivity index (χ0v) is 15.1. The Morgan fingerprint density at radius 3 is 2.52 bits per heavy atom. The van der Waals surface area contributed by atoms with E-state index in [2.05, 4.69) is 5.16 Å². The van der Waals surface area contributed by atoms with Gasteiger partial charge in [-0.25, -0.2) is 4.39 Å². The van der Waals surface area contributed by atoms with Crippen LogP contribution in [-0.2, 0) is 4.74 Å². The molecular formula is C18H24FN3O3. The number of nitrogens with zero attached hydrogens (tertiary/aromatic N) is 3. The third-order valence-corrected chi connectivity index (χ3v) is 4.62. The van der Waals surface area contributed by atoms with Gasteiger partial charge in [0.05, 0.1) is 23.3 Å². The van der Waals surface area contributed by atoms with E-state index < -0.39 is 5.82 Å². The van der Waals surface area contributed by atoms with Crippen molar-refractivity contribution in [2.45, 2.75) is 39.9 Å². The van der Waals surface area contributed by atoms with Crippen LogP contribution in [0.2, 0.25) is 0 Å². The summed E-state index contributed by atoms with van der Waals surface area (Å²) >= 11 is 0.